The van der Waals surface area contributed by atoms with Gasteiger partial charge in [0.2, 0.25) is 0 Å². The van der Waals surface area contributed by atoms with Crippen LogP contribution < -0.4 is 15.4 Å². The van der Waals surface area contributed by atoms with Crippen LogP contribution in [0.2, 0.25) is 0 Å². The summed E-state index contributed by atoms with van der Waals surface area (Å²) in [4.78, 5) is 18.0. The number of carbonyl (C=O) groups excluding carboxylic acids is 1. The van der Waals surface area contributed by atoms with Gasteiger partial charge >= 0.3 is 0 Å². The highest BCUT2D eigenvalue weighted by atomic mass is 32.1. The van der Waals surface area contributed by atoms with Crippen LogP contribution >= 0.6 is 11.3 Å². The number of hydrogen-bond acceptors (Lipinski definition) is 5. The van der Waals surface area contributed by atoms with E-state index in [1.54, 1.807) is 10.3 Å². The van der Waals surface area contributed by atoms with Crippen LogP contribution in [-0.4, -0.2) is 24.0 Å². The van der Waals surface area contributed by atoms with Gasteiger partial charge in [0.25, 0.3) is 5.91 Å². The monoisotopic (exact) mass is 261 g/mol. The predicted molar refractivity (Wildman–Crippen MR) is 70.1 cm³/mol. The Kier molecular flexibility index (Phi) is 2.64. The van der Waals surface area contributed by atoms with Gasteiger partial charge in [-0.05, 0) is 12.1 Å². The molecule has 0 aliphatic carbocycles. The second-order valence-corrected chi connectivity index (χ2v) is 4.73. The molecule has 0 bridgehead atoms. The number of anilines is 2. The topological polar surface area (TPSA) is 68.5 Å². The first kappa shape index (κ1) is 11.0. The zero-order chi connectivity index (χ0) is 12.5. The second kappa shape index (κ2) is 4.30. The van der Waals surface area contributed by atoms with Crippen LogP contribution in [0.15, 0.2) is 29.6 Å². The van der Waals surface area contributed by atoms with E-state index < -0.39 is 0 Å². The highest BCUT2D eigenvalue weighted by Crippen LogP contribution is 2.32. The molecule has 2 aromatic rings. The maximum absolute atomic E-state index is 12.3. The summed E-state index contributed by atoms with van der Waals surface area (Å²) < 4.78 is 5.51. The molecule has 5 nitrogen and oxygen atoms in total. The first-order valence-corrected chi connectivity index (χ1v) is 6.38. The lowest BCUT2D eigenvalue weighted by Gasteiger charge is -2.28. The summed E-state index contributed by atoms with van der Waals surface area (Å²) in [6.07, 6.45) is 0. The van der Waals surface area contributed by atoms with Gasteiger partial charge in [-0.25, -0.2) is 4.98 Å². The summed E-state index contributed by atoms with van der Waals surface area (Å²) in [5.74, 6) is 0.582. The Balaban J connectivity index is 1.96. The molecule has 1 aromatic carbocycles. The summed E-state index contributed by atoms with van der Waals surface area (Å²) in [5.41, 5.74) is 6.71. The van der Waals surface area contributed by atoms with E-state index in [0.717, 1.165) is 11.4 Å². The highest BCUT2D eigenvalue weighted by molar-refractivity contribution is 7.13. The minimum absolute atomic E-state index is 0.140. The molecule has 18 heavy (non-hydrogen) atoms. The lowest BCUT2D eigenvalue weighted by atomic mass is 10.2. The van der Waals surface area contributed by atoms with Crippen LogP contribution in [0, 0.1) is 0 Å². The third kappa shape index (κ3) is 1.80. The molecular formula is C12H11N3O2S. The third-order valence-electron chi connectivity index (χ3n) is 2.71. The molecular weight excluding hydrogens is 250 g/mol. The van der Waals surface area contributed by atoms with Crippen molar-refractivity contribution in [2.45, 2.75) is 0 Å². The number of nitrogen functional groups attached to an aromatic ring is 1. The Morgan fingerprint density at radius 3 is 3.06 bits per heavy atom. The fraction of sp³-hybridized carbons (Fsp3) is 0.167. The Bertz CT molecular complexity index is 597. The first-order chi connectivity index (χ1) is 8.75. The van der Waals surface area contributed by atoms with Crippen LogP contribution in [0.3, 0.4) is 0 Å². The normalized spacial score (nSPS) is 13.9. The van der Waals surface area contributed by atoms with E-state index in [4.69, 9.17) is 10.5 Å². The highest BCUT2D eigenvalue weighted by Gasteiger charge is 2.25. The number of fused-ring (bicyclic) bond motifs is 1. The second-order valence-electron chi connectivity index (χ2n) is 3.84. The molecule has 3 rings (SSSR count). The van der Waals surface area contributed by atoms with Crippen molar-refractivity contribution in [2.75, 3.05) is 23.8 Å². The maximum atomic E-state index is 12.3. The standard InChI is InChI=1S/C12H11N3O2S/c13-12-14-8(7-18-12)11(16)15-5-6-17-10-4-2-1-3-9(10)15/h1-4,7H,5-6H2,(H2,13,14). The van der Waals surface area contributed by atoms with Crippen molar-refractivity contribution in [1.82, 2.24) is 4.98 Å². The molecule has 1 aliphatic heterocycles. The fourth-order valence-corrected chi connectivity index (χ4v) is 2.44. The van der Waals surface area contributed by atoms with Gasteiger partial charge in [-0.15, -0.1) is 11.3 Å². The van der Waals surface area contributed by atoms with Crippen LogP contribution in [0.1, 0.15) is 10.5 Å². The lowest BCUT2D eigenvalue weighted by molar-refractivity contribution is 0.0972. The molecule has 2 heterocycles. The Labute approximate surface area is 108 Å². The molecule has 0 spiro atoms. The Morgan fingerprint density at radius 1 is 1.44 bits per heavy atom. The lowest BCUT2D eigenvalue weighted by Crippen LogP contribution is -2.38. The van der Waals surface area contributed by atoms with Crippen molar-refractivity contribution in [2.24, 2.45) is 0 Å². The molecule has 2 N–H and O–H groups in total. The van der Waals surface area contributed by atoms with E-state index in [1.165, 1.54) is 11.3 Å². The van der Waals surface area contributed by atoms with Crippen LogP contribution in [-0.2, 0) is 0 Å². The molecule has 0 unspecified atom stereocenters. The molecule has 1 aromatic heterocycles. The molecule has 1 aliphatic rings. The van der Waals surface area contributed by atoms with Gasteiger partial charge in [-0.1, -0.05) is 12.1 Å². The number of rotatable bonds is 1. The van der Waals surface area contributed by atoms with Crippen molar-refractivity contribution in [3.8, 4) is 5.75 Å². The van der Waals surface area contributed by atoms with Crippen LogP contribution in [0.5, 0.6) is 5.75 Å². The van der Waals surface area contributed by atoms with E-state index in [-0.39, 0.29) is 5.91 Å². The van der Waals surface area contributed by atoms with Gasteiger partial charge in [0.1, 0.15) is 18.1 Å². The first-order valence-electron chi connectivity index (χ1n) is 5.50. The average molecular weight is 261 g/mol. The van der Waals surface area contributed by atoms with Crippen molar-refractivity contribution in [1.29, 1.82) is 0 Å². The predicted octanol–water partition coefficient (Wildman–Crippen LogP) is 1.76. The number of hydrogen-bond donors (Lipinski definition) is 1. The van der Waals surface area contributed by atoms with Gasteiger partial charge in [0.15, 0.2) is 5.13 Å². The summed E-state index contributed by atoms with van der Waals surface area (Å²) >= 11 is 1.27. The zero-order valence-electron chi connectivity index (χ0n) is 9.50. The smallest absolute Gasteiger partial charge is 0.278 e. The Morgan fingerprint density at radius 2 is 2.28 bits per heavy atom. The van der Waals surface area contributed by atoms with E-state index >= 15 is 0 Å². The van der Waals surface area contributed by atoms with Crippen molar-refractivity contribution in [3.63, 3.8) is 0 Å². The van der Waals surface area contributed by atoms with Crippen LogP contribution in [0.4, 0.5) is 10.8 Å². The van der Waals surface area contributed by atoms with E-state index in [1.807, 2.05) is 24.3 Å². The van der Waals surface area contributed by atoms with Crippen molar-refractivity contribution < 1.29 is 9.53 Å². The van der Waals surface area contributed by atoms with Gasteiger partial charge in [-0.3, -0.25) is 4.79 Å². The van der Waals surface area contributed by atoms with E-state index in [9.17, 15) is 4.79 Å². The number of aromatic nitrogens is 1. The molecule has 0 saturated heterocycles. The largest absolute Gasteiger partial charge is 0.490 e. The molecule has 6 heteroatoms. The fourth-order valence-electron chi connectivity index (χ4n) is 1.90. The van der Waals surface area contributed by atoms with E-state index in [0.29, 0.717) is 24.0 Å². The SMILES string of the molecule is Nc1nc(C(=O)N2CCOc3ccccc32)cs1. The van der Waals surface area contributed by atoms with Crippen molar-refractivity contribution >= 4 is 28.1 Å². The molecule has 0 saturated carbocycles. The molecule has 92 valence electrons. The number of benzene rings is 1. The summed E-state index contributed by atoms with van der Waals surface area (Å²) in [6.45, 7) is 1.01. The molecule has 0 atom stereocenters. The van der Waals surface area contributed by atoms with Gasteiger partial charge in [0.05, 0.1) is 12.2 Å². The summed E-state index contributed by atoms with van der Waals surface area (Å²) in [7, 11) is 0. The zero-order valence-corrected chi connectivity index (χ0v) is 10.3. The van der Waals surface area contributed by atoms with Gasteiger partial charge in [-0.2, -0.15) is 0 Å². The van der Waals surface area contributed by atoms with Crippen molar-refractivity contribution in [3.05, 3.63) is 35.3 Å². The molecule has 0 fully saturated rings. The number of nitrogens with two attached hydrogens (primary N) is 1. The van der Waals surface area contributed by atoms with Crippen LogP contribution in [0.25, 0.3) is 0 Å². The number of carbonyl (C=O) groups is 1. The van der Waals surface area contributed by atoms with Gasteiger partial charge in [0, 0.05) is 5.38 Å². The number of thiazole rings is 1. The van der Waals surface area contributed by atoms with Gasteiger partial charge < -0.3 is 15.4 Å². The average Bonchev–Trinajstić information content (AvgIpc) is 2.84. The maximum Gasteiger partial charge on any atom is 0.278 e. The minimum atomic E-state index is -0.140. The number of para-hydroxylation sites is 2. The Hall–Kier alpha value is -2.08. The molecule has 0 radical (unpaired) electrons. The minimum Gasteiger partial charge on any atom is -0.490 e. The third-order valence-corrected chi connectivity index (χ3v) is 3.39. The summed E-state index contributed by atoms with van der Waals surface area (Å²) in [5, 5.41) is 2.08. The van der Waals surface area contributed by atoms with E-state index in [2.05, 4.69) is 4.98 Å². The molecule has 1 amide bonds. The quantitative estimate of drug-likeness (QED) is 0.849. The summed E-state index contributed by atoms with van der Waals surface area (Å²) in [6, 6.07) is 7.48. The number of nitrogens with zero attached hydrogens (tertiary/aromatic N) is 2. The number of amides is 1. The number of ether oxygens (including phenoxy) is 1.